The molecule has 2 fully saturated rings. The molecule has 11 heteroatoms. The highest BCUT2D eigenvalue weighted by molar-refractivity contribution is 6.36. The summed E-state index contributed by atoms with van der Waals surface area (Å²) in [6.07, 6.45) is 8.60. The number of nitrogens with zero attached hydrogens (tertiary/aromatic N) is 5. The lowest BCUT2D eigenvalue weighted by Crippen LogP contribution is -2.38. The maximum atomic E-state index is 13.9. The fraction of sp³-hybridized carbons (Fsp3) is 0.357. The Morgan fingerprint density at radius 3 is 2.64 bits per heavy atom. The van der Waals surface area contributed by atoms with Gasteiger partial charge in [0.15, 0.2) is 0 Å². The van der Waals surface area contributed by atoms with Crippen LogP contribution in [0.4, 0.5) is 15.8 Å². The van der Waals surface area contributed by atoms with E-state index in [4.69, 9.17) is 11.6 Å². The van der Waals surface area contributed by atoms with Crippen LogP contribution in [0.3, 0.4) is 0 Å². The Morgan fingerprint density at radius 1 is 1.15 bits per heavy atom. The number of hydrogen-bond acceptors (Lipinski definition) is 7. The van der Waals surface area contributed by atoms with E-state index in [9.17, 15) is 14.8 Å². The smallest absolute Gasteiger partial charge is 0.148 e. The van der Waals surface area contributed by atoms with Crippen molar-refractivity contribution in [1.29, 1.82) is 5.26 Å². The largest absolute Gasteiger partial charge is 0.391 e. The van der Waals surface area contributed by atoms with Gasteiger partial charge in [0.25, 0.3) is 0 Å². The van der Waals surface area contributed by atoms with Crippen molar-refractivity contribution < 1.29 is 9.50 Å². The zero-order valence-corrected chi connectivity index (χ0v) is 22.3. The maximum absolute atomic E-state index is 13.9. The van der Waals surface area contributed by atoms with Crippen molar-refractivity contribution in [2.75, 3.05) is 10.6 Å². The summed E-state index contributed by atoms with van der Waals surface area (Å²) >= 11 is 6.75. The number of nitrogens with one attached hydrogen (secondary N) is 2. The van der Waals surface area contributed by atoms with Crippen LogP contribution in [0.5, 0.6) is 0 Å². The molecule has 6 rings (SSSR count). The molecule has 2 aliphatic carbocycles. The van der Waals surface area contributed by atoms with E-state index in [0.29, 0.717) is 51.0 Å². The maximum Gasteiger partial charge on any atom is 0.148 e. The van der Waals surface area contributed by atoms with Crippen LogP contribution in [0.1, 0.15) is 61.4 Å². The van der Waals surface area contributed by atoms with E-state index in [2.05, 4.69) is 32.0 Å². The van der Waals surface area contributed by atoms with Crippen LogP contribution in [0.15, 0.2) is 48.8 Å². The lowest BCUT2D eigenvalue weighted by molar-refractivity contribution is 0.116. The molecule has 0 spiro atoms. The highest BCUT2D eigenvalue weighted by Crippen LogP contribution is 2.39. The third kappa shape index (κ3) is 4.93. The quantitative estimate of drug-likeness (QED) is 0.295. The number of aliphatic hydroxyl groups excluding tert-OH is 1. The average molecular weight is 544 g/mol. The zero-order chi connectivity index (χ0) is 27.1. The number of pyridine rings is 1. The second-order valence-corrected chi connectivity index (χ2v) is 11.1. The number of aromatic nitrogens is 4. The molecule has 2 aromatic heterocycles. The van der Waals surface area contributed by atoms with Crippen LogP contribution >= 0.6 is 11.6 Å². The summed E-state index contributed by atoms with van der Waals surface area (Å²) < 4.78 is 15.7. The van der Waals surface area contributed by atoms with Gasteiger partial charge in [0.2, 0.25) is 0 Å². The van der Waals surface area contributed by atoms with E-state index in [1.165, 1.54) is 18.3 Å². The number of fused-ring (bicyclic) bond motifs is 1. The average Bonchev–Trinajstić information content (AvgIpc) is 3.66. The van der Waals surface area contributed by atoms with Crippen LogP contribution < -0.4 is 10.6 Å². The Balaban J connectivity index is 1.45. The molecule has 2 aromatic carbocycles. The minimum absolute atomic E-state index is 0.172. The van der Waals surface area contributed by atoms with Gasteiger partial charge >= 0.3 is 0 Å². The summed E-state index contributed by atoms with van der Waals surface area (Å²) in [7, 11) is 1.97. The minimum atomic E-state index is -0.870. The second-order valence-electron chi connectivity index (χ2n) is 10.7. The van der Waals surface area contributed by atoms with Gasteiger partial charge in [-0.2, -0.15) is 5.26 Å². The van der Waals surface area contributed by atoms with Crippen molar-refractivity contribution in [3.63, 3.8) is 0 Å². The monoisotopic (exact) mass is 543 g/mol. The van der Waals surface area contributed by atoms with Crippen LogP contribution in [0.2, 0.25) is 5.02 Å². The number of benzene rings is 2. The first-order valence-corrected chi connectivity index (χ1v) is 13.7. The van der Waals surface area contributed by atoms with Crippen LogP contribution in [-0.2, 0) is 5.44 Å². The van der Waals surface area contributed by atoms with Crippen LogP contribution in [-0.4, -0.2) is 45.1 Å². The fourth-order valence-corrected chi connectivity index (χ4v) is 5.68. The van der Waals surface area contributed by atoms with E-state index in [1.807, 2.05) is 24.8 Å². The predicted molar refractivity (Wildman–Crippen MR) is 151 cm³/mol. The molecule has 2 heterocycles. The SMILES string of the molecule is BC(Nc1cc(Cl)c2ncc(C#N)c(N[C@H]3CCCC[C@@H]3O)c2c1)(c1ccc(F)cc1)c1cn(C2CC2)nn1. The number of aliphatic hydroxyl groups is 1. The number of rotatable bonds is 7. The molecule has 4 aromatic rings. The van der Waals surface area contributed by atoms with E-state index in [1.54, 1.807) is 18.2 Å². The highest BCUT2D eigenvalue weighted by atomic mass is 35.5. The number of halogens is 2. The summed E-state index contributed by atoms with van der Waals surface area (Å²) in [4.78, 5) is 4.47. The molecule has 0 aliphatic heterocycles. The molecular weight excluding hydrogens is 516 g/mol. The zero-order valence-electron chi connectivity index (χ0n) is 21.5. The van der Waals surface area contributed by atoms with Gasteiger partial charge < -0.3 is 15.7 Å². The Kier molecular flexibility index (Phi) is 6.65. The molecule has 0 amide bonds. The van der Waals surface area contributed by atoms with Crippen molar-refractivity contribution in [2.24, 2.45) is 0 Å². The first-order valence-electron chi connectivity index (χ1n) is 13.3. The third-order valence-corrected chi connectivity index (χ3v) is 8.15. The molecule has 3 N–H and O–H groups in total. The van der Waals surface area contributed by atoms with Gasteiger partial charge in [-0.25, -0.2) is 9.07 Å². The van der Waals surface area contributed by atoms with Crippen molar-refractivity contribution >= 4 is 41.7 Å². The lowest BCUT2D eigenvalue weighted by Gasteiger charge is -2.32. The molecule has 2 aliphatic rings. The fourth-order valence-electron chi connectivity index (χ4n) is 5.42. The van der Waals surface area contributed by atoms with Gasteiger partial charge in [-0.05, 0) is 55.5 Å². The molecule has 0 saturated heterocycles. The minimum Gasteiger partial charge on any atom is -0.391 e. The molecular formula is C28H28BClFN7O. The summed E-state index contributed by atoms with van der Waals surface area (Å²) in [5.74, 6) is -0.327. The molecule has 1 unspecified atom stereocenters. The third-order valence-electron chi connectivity index (χ3n) is 7.86. The predicted octanol–water partition coefficient (Wildman–Crippen LogP) is 4.49. The number of nitriles is 1. The lowest BCUT2D eigenvalue weighted by atomic mass is 9.69. The van der Waals surface area contributed by atoms with Gasteiger partial charge in [0, 0.05) is 17.3 Å². The summed E-state index contributed by atoms with van der Waals surface area (Å²) in [6, 6.07) is 12.4. The van der Waals surface area contributed by atoms with Gasteiger partial charge in [0.1, 0.15) is 25.4 Å². The normalized spacial score (nSPS) is 20.8. The van der Waals surface area contributed by atoms with Crippen molar-refractivity contribution in [3.05, 3.63) is 76.5 Å². The Bertz CT molecular complexity index is 1570. The molecule has 3 atom stereocenters. The summed E-state index contributed by atoms with van der Waals surface area (Å²) in [6.45, 7) is 0. The number of anilines is 2. The van der Waals surface area contributed by atoms with E-state index in [0.717, 1.165) is 37.7 Å². The van der Waals surface area contributed by atoms with Gasteiger partial charge in [-0.15, -0.1) is 5.10 Å². The van der Waals surface area contributed by atoms with Crippen LogP contribution in [0, 0.1) is 17.1 Å². The first kappa shape index (κ1) is 25.6. The van der Waals surface area contributed by atoms with Crippen LogP contribution in [0.25, 0.3) is 10.9 Å². The van der Waals surface area contributed by atoms with E-state index in [-0.39, 0.29) is 11.9 Å². The molecule has 0 bridgehead atoms. The number of hydrogen-bond donors (Lipinski definition) is 3. The van der Waals surface area contributed by atoms with Gasteiger partial charge in [-0.3, -0.25) is 4.98 Å². The van der Waals surface area contributed by atoms with E-state index >= 15 is 0 Å². The van der Waals surface area contributed by atoms with E-state index < -0.39 is 11.5 Å². The van der Waals surface area contributed by atoms with Crippen molar-refractivity contribution in [2.45, 2.75) is 62.2 Å². The molecule has 39 heavy (non-hydrogen) atoms. The Morgan fingerprint density at radius 2 is 1.92 bits per heavy atom. The van der Waals surface area contributed by atoms with Gasteiger partial charge in [-0.1, -0.05) is 41.8 Å². The Hall–Kier alpha value is -3.68. The molecule has 8 nitrogen and oxygen atoms in total. The summed E-state index contributed by atoms with van der Waals surface area (Å²) in [5, 5.41) is 37.4. The summed E-state index contributed by atoms with van der Waals surface area (Å²) in [5.41, 5.74) is 2.82. The molecule has 198 valence electrons. The highest BCUT2D eigenvalue weighted by Gasteiger charge is 2.35. The van der Waals surface area contributed by atoms with Crippen molar-refractivity contribution in [3.8, 4) is 6.07 Å². The standard InChI is InChI=1S/C28H28BClFN7O/c29-28(17-5-7-18(31)8-6-17,25-15-38(37-36-25)20-9-10-20)35-19-11-21-26(34-23-3-1-2-4-24(23)39)16(13-32)14-33-27(21)22(30)12-19/h5-8,11-12,14-15,20,23-24,35,39H,1-4,9-10,29H2,(H,33,34)/t23-,24-,28?/m0/s1. The molecule has 2 saturated carbocycles. The Labute approximate surface area is 231 Å². The van der Waals surface area contributed by atoms with Crippen molar-refractivity contribution in [1.82, 2.24) is 20.0 Å². The second kappa shape index (κ2) is 10.1. The molecule has 0 radical (unpaired) electrons. The first-order chi connectivity index (χ1) is 18.9. The topological polar surface area (TPSA) is 112 Å². The van der Waals surface area contributed by atoms with Gasteiger partial charge in [0.05, 0.1) is 51.6 Å².